The number of benzene rings is 1. The molecule has 0 bridgehead atoms. The first kappa shape index (κ1) is 15.5. The van der Waals surface area contributed by atoms with Gasteiger partial charge < -0.3 is 0 Å². The van der Waals surface area contributed by atoms with Crippen LogP contribution in [0.5, 0.6) is 0 Å². The Hall–Kier alpha value is -0.430. The van der Waals surface area contributed by atoms with Crippen molar-refractivity contribution in [3.8, 4) is 0 Å². The highest BCUT2D eigenvalue weighted by Gasteiger charge is 2.35. The summed E-state index contributed by atoms with van der Waals surface area (Å²) < 4.78 is 5.66. The quantitative estimate of drug-likeness (QED) is 0.765. The molecule has 2 aliphatic rings. The molecule has 2 nitrogen and oxygen atoms in total. The lowest BCUT2D eigenvalue weighted by atomic mass is 10.1. The van der Waals surface area contributed by atoms with Gasteiger partial charge in [0, 0.05) is 30.5 Å². The van der Waals surface area contributed by atoms with Crippen LogP contribution in [0.2, 0.25) is 0 Å². The number of hydrogen-bond acceptors (Lipinski definition) is 2. The first-order valence-electron chi connectivity index (χ1n) is 8.65. The standard InChI is InChI=1S/C18H29N2P/c1-16-10-6-8-14-19(16)21(18-12-4-3-5-13-18)20-15-9-7-11-17(20)2/h3-5,12-13,16-17H,6-11,14-15H2,1-2H3/t16-,17+,21?. The summed E-state index contributed by atoms with van der Waals surface area (Å²) in [5, 5.41) is 1.55. The van der Waals surface area contributed by atoms with Gasteiger partial charge in [-0.05, 0) is 39.5 Å². The average molecular weight is 304 g/mol. The van der Waals surface area contributed by atoms with E-state index in [1.165, 1.54) is 51.6 Å². The summed E-state index contributed by atoms with van der Waals surface area (Å²) in [5.41, 5.74) is 0. The lowest BCUT2D eigenvalue weighted by molar-refractivity contribution is 0.232. The van der Waals surface area contributed by atoms with E-state index in [1.807, 2.05) is 0 Å². The Kier molecular flexibility index (Phi) is 5.32. The summed E-state index contributed by atoms with van der Waals surface area (Å²) in [6.45, 7) is 7.44. The van der Waals surface area contributed by atoms with Crippen LogP contribution in [0.4, 0.5) is 0 Å². The molecule has 1 aromatic carbocycles. The Balaban J connectivity index is 1.90. The SMILES string of the molecule is C[C@@H]1CCCCN1P(c1ccccc1)N1CCCC[C@@H]1C. The van der Waals surface area contributed by atoms with Gasteiger partial charge in [0.25, 0.3) is 0 Å². The molecule has 1 unspecified atom stereocenters. The predicted molar refractivity (Wildman–Crippen MR) is 93.0 cm³/mol. The van der Waals surface area contributed by atoms with Gasteiger partial charge in [-0.2, -0.15) is 0 Å². The van der Waals surface area contributed by atoms with Crippen LogP contribution in [0.1, 0.15) is 52.4 Å². The molecular formula is C18H29N2P. The van der Waals surface area contributed by atoms with Crippen molar-refractivity contribution in [1.29, 1.82) is 0 Å². The van der Waals surface area contributed by atoms with Crippen molar-refractivity contribution in [1.82, 2.24) is 9.34 Å². The Labute approximate surface area is 131 Å². The second kappa shape index (κ2) is 7.22. The van der Waals surface area contributed by atoms with E-state index in [1.54, 1.807) is 5.30 Å². The van der Waals surface area contributed by atoms with Crippen LogP contribution in [-0.4, -0.2) is 34.5 Å². The van der Waals surface area contributed by atoms with Gasteiger partial charge in [-0.25, -0.2) is 0 Å². The molecule has 3 heteroatoms. The van der Waals surface area contributed by atoms with Crippen molar-refractivity contribution >= 4 is 13.5 Å². The van der Waals surface area contributed by atoms with Crippen LogP contribution in [0.25, 0.3) is 0 Å². The van der Waals surface area contributed by atoms with Crippen LogP contribution in [0.15, 0.2) is 30.3 Å². The van der Waals surface area contributed by atoms with E-state index in [0.717, 1.165) is 12.1 Å². The van der Waals surface area contributed by atoms with Crippen LogP contribution >= 0.6 is 8.22 Å². The van der Waals surface area contributed by atoms with Crippen LogP contribution in [-0.2, 0) is 0 Å². The highest BCUT2D eigenvalue weighted by molar-refractivity contribution is 7.61. The maximum absolute atomic E-state index is 2.83. The zero-order valence-electron chi connectivity index (χ0n) is 13.5. The van der Waals surface area contributed by atoms with E-state index >= 15 is 0 Å². The monoisotopic (exact) mass is 304 g/mol. The van der Waals surface area contributed by atoms with Gasteiger partial charge in [-0.15, -0.1) is 0 Å². The molecule has 2 aliphatic heterocycles. The Morgan fingerprint density at radius 2 is 1.33 bits per heavy atom. The Morgan fingerprint density at radius 3 is 1.81 bits per heavy atom. The molecule has 21 heavy (non-hydrogen) atoms. The molecule has 0 aromatic heterocycles. The molecule has 0 N–H and O–H groups in total. The van der Waals surface area contributed by atoms with Gasteiger partial charge in [-0.1, -0.05) is 43.2 Å². The first-order chi connectivity index (χ1) is 10.3. The topological polar surface area (TPSA) is 6.48 Å². The number of rotatable bonds is 3. The smallest absolute Gasteiger partial charge is 0.0729 e. The van der Waals surface area contributed by atoms with Crippen molar-refractivity contribution in [3.05, 3.63) is 30.3 Å². The van der Waals surface area contributed by atoms with E-state index in [0.29, 0.717) is 0 Å². The molecule has 2 saturated heterocycles. The van der Waals surface area contributed by atoms with E-state index in [9.17, 15) is 0 Å². The molecule has 0 aliphatic carbocycles. The molecule has 3 rings (SSSR count). The van der Waals surface area contributed by atoms with E-state index in [4.69, 9.17) is 0 Å². The van der Waals surface area contributed by atoms with Gasteiger partial charge in [-0.3, -0.25) is 9.34 Å². The minimum atomic E-state index is -0.304. The second-order valence-electron chi connectivity index (χ2n) is 6.64. The number of piperidine rings is 2. The fraction of sp³-hybridized carbons (Fsp3) is 0.667. The van der Waals surface area contributed by atoms with Crippen molar-refractivity contribution in [2.75, 3.05) is 13.1 Å². The minimum absolute atomic E-state index is 0.304. The average Bonchev–Trinajstić information content (AvgIpc) is 2.52. The minimum Gasteiger partial charge on any atom is -0.263 e. The van der Waals surface area contributed by atoms with Crippen LogP contribution < -0.4 is 5.30 Å². The third kappa shape index (κ3) is 3.50. The molecule has 0 amide bonds. The lowest BCUT2D eigenvalue weighted by Crippen LogP contribution is -2.45. The van der Waals surface area contributed by atoms with Crippen LogP contribution in [0.3, 0.4) is 0 Å². The molecule has 3 atom stereocenters. The van der Waals surface area contributed by atoms with Gasteiger partial charge in [0.1, 0.15) is 0 Å². The second-order valence-corrected chi connectivity index (χ2v) is 8.76. The van der Waals surface area contributed by atoms with Gasteiger partial charge in [0.05, 0.1) is 8.22 Å². The van der Waals surface area contributed by atoms with Crippen LogP contribution in [0, 0.1) is 0 Å². The fourth-order valence-corrected chi connectivity index (χ4v) is 6.70. The summed E-state index contributed by atoms with van der Waals surface area (Å²) in [6.07, 6.45) is 8.30. The number of nitrogens with zero attached hydrogens (tertiary/aromatic N) is 2. The zero-order chi connectivity index (χ0) is 14.7. The molecule has 2 fully saturated rings. The van der Waals surface area contributed by atoms with E-state index in [2.05, 4.69) is 53.5 Å². The summed E-state index contributed by atoms with van der Waals surface area (Å²) in [7, 11) is -0.304. The lowest BCUT2D eigenvalue weighted by Gasteiger charge is -2.48. The maximum atomic E-state index is 2.83. The normalized spacial score (nSPS) is 30.2. The molecule has 0 radical (unpaired) electrons. The van der Waals surface area contributed by atoms with Crippen molar-refractivity contribution < 1.29 is 0 Å². The van der Waals surface area contributed by atoms with Crippen molar-refractivity contribution in [3.63, 3.8) is 0 Å². The highest BCUT2D eigenvalue weighted by Crippen LogP contribution is 2.49. The van der Waals surface area contributed by atoms with Crippen molar-refractivity contribution in [2.45, 2.75) is 64.5 Å². The molecule has 0 saturated carbocycles. The third-order valence-electron chi connectivity index (χ3n) is 5.01. The summed E-state index contributed by atoms with van der Waals surface area (Å²) in [5.74, 6) is 0. The molecular weight excluding hydrogens is 275 g/mol. The zero-order valence-corrected chi connectivity index (χ0v) is 14.4. The van der Waals surface area contributed by atoms with Crippen molar-refractivity contribution in [2.24, 2.45) is 0 Å². The summed E-state index contributed by atoms with van der Waals surface area (Å²) in [4.78, 5) is 0. The van der Waals surface area contributed by atoms with Gasteiger partial charge >= 0.3 is 0 Å². The molecule has 2 heterocycles. The highest BCUT2D eigenvalue weighted by atomic mass is 31.1. The Bertz CT molecular complexity index is 414. The summed E-state index contributed by atoms with van der Waals surface area (Å²) >= 11 is 0. The Morgan fingerprint density at radius 1 is 0.810 bits per heavy atom. The maximum Gasteiger partial charge on any atom is 0.0729 e. The van der Waals surface area contributed by atoms with E-state index < -0.39 is 0 Å². The fourth-order valence-electron chi connectivity index (χ4n) is 3.73. The molecule has 0 spiro atoms. The molecule has 116 valence electrons. The largest absolute Gasteiger partial charge is 0.263 e. The predicted octanol–water partition coefficient (Wildman–Crippen LogP) is 4.37. The van der Waals surface area contributed by atoms with Gasteiger partial charge in [0.15, 0.2) is 0 Å². The van der Waals surface area contributed by atoms with E-state index in [-0.39, 0.29) is 8.22 Å². The molecule has 1 aromatic rings. The van der Waals surface area contributed by atoms with Gasteiger partial charge in [0.2, 0.25) is 0 Å². The third-order valence-corrected chi connectivity index (χ3v) is 7.93. The first-order valence-corrected chi connectivity index (χ1v) is 9.90. The summed E-state index contributed by atoms with van der Waals surface area (Å²) in [6, 6.07) is 12.8. The number of hydrogen-bond donors (Lipinski definition) is 0.